The molecule has 7 nitrogen and oxygen atoms in total. The third-order valence-corrected chi connectivity index (χ3v) is 8.68. The Morgan fingerprint density at radius 1 is 0.833 bits per heavy atom. The highest BCUT2D eigenvalue weighted by Crippen LogP contribution is 2.28. The van der Waals surface area contributed by atoms with Crippen LogP contribution in [0.2, 0.25) is 0 Å². The molecule has 0 atom stereocenters. The van der Waals surface area contributed by atoms with Crippen LogP contribution in [-0.4, -0.2) is 73.9 Å². The van der Waals surface area contributed by atoms with E-state index in [4.69, 9.17) is 4.98 Å². The molecule has 0 radical (unpaired) electrons. The summed E-state index contributed by atoms with van der Waals surface area (Å²) in [5, 5.41) is 10.8. The first-order valence-electron chi connectivity index (χ1n) is 14.7. The highest BCUT2D eigenvalue weighted by Gasteiger charge is 2.20. The number of hydrogen-bond donors (Lipinski definition) is 0. The summed E-state index contributed by atoms with van der Waals surface area (Å²) >= 11 is 1.62. The molecule has 3 aromatic carbocycles. The predicted octanol–water partition coefficient (Wildman–Crippen LogP) is 6.15. The Hall–Kier alpha value is -4.01. The number of hydrogen-bond acceptors (Lipinski definition) is 6. The Balaban J connectivity index is 0.968. The van der Waals surface area contributed by atoms with Gasteiger partial charge in [0.25, 0.3) is 0 Å². The molecule has 0 aliphatic carbocycles. The molecule has 0 N–H and O–H groups in total. The molecule has 1 amide bonds. The first-order valence-corrected chi connectivity index (χ1v) is 15.7. The maximum Gasteiger partial charge on any atom is 0.222 e. The molecule has 0 spiro atoms. The zero-order chi connectivity index (χ0) is 28.6. The number of amides is 1. The van der Waals surface area contributed by atoms with Crippen molar-refractivity contribution in [1.29, 1.82) is 0 Å². The number of rotatable bonds is 11. The molecule has 1 saturated heterocycles. The maximum absolute atomic E-state index is 12.8. The van der Waals surface area contributed by atoms with Gasteiger partial charge in [-0.05, 0) is 30.0 Å². The van der Waals surface area contributed by atoms with Gasteiger partial charge in [-0.15, -0.1) is 10.2 Å². The summed E-state index contributed by atoms with van der Waals surface area (Å²) in [7, 11) is 0. The van der Waals surface area contributed by atoms with E-state index in [2.05, 4.69) is 98.5 Å². The number of carbonyl (C=O) groups excluding carboxylic acids is 1. The van der Waals surface area contributed by atoms with Crippen LogP contribution < -0.4 is 0 Å². The Labute approximate surface area is 251 Å². The molecule has 214 valence electrons. The number of carbonyl (C=O) groups is 1. The van der Waals surface area contributed by atoms with Gasteiger partial charge < -0.3 is 9.47 Å². The Kier molecular flexibility index (Phi) is 9.22. The van der Waals surface area contributed by atoms with Crippen molar-refractivity contribution in [2.75, 3.05) is 38.5 Å². The van der Waals surface area contributed by atoms with Crippen LogP contribution >= 0.6 is 11.8 Å². The lowest BCUT2D eigenvalue weighted by atomic mass is 10.2. The minimum atomic E-state index is 0.268. The van der Waals surface area contributed by atoms with Crippen LogP contribution in [0.5, 0.6) is 0 Å². The van der Waals surface area contributed by atoms with E-state index >= 15 is 0 Å². The van der Waals surface area contributed by atoms with Crippen molar-refractivity contribution in [1.82, 2.24) is 29.5 Å². The summed E-state index contributed by atoms with van der Waals surface area (Å²) < 4.78 is 2.23. The molecule has 8 heteroatoms. The molecule has 3 heterocycles. The van der Waals surface area contributed by atoms with E-state index < -0.39 is 0 Å². The van der Waals surface area contributed by atoms with Crippen molar-refractivity contribution in [2.45, 2.75) is 31.0 Å². The average Bonchev–Trinajstić information content (AvgIpc) is 3.34. The molecule has 6 rings (SSSR count). The normalized spacial score (nSPS) is 14.3. The van der Waals surface area contributed by atoms with Crippen molar-refractivity contribution in [3.63, 3.8) is 0 Å². The van der Waals surface area contributed by atoms with Crippen LogP contribution in [0.15, 0.2) is 96.2 Å². The quantitative estimate of drug-likeness (QED) is 0.139. The Bertz CT molecular complexity index is 1640. The number of aromatic nitrogens is 4. The summed E-state index contributed by atoms with van der Waals surface area (Å²) in [5.74, 6) is 1.13. The number of thioether (sulfide) groups is 1. The third kappa shape index (κ3) is 6.89. The van der Waals surface area contributed by atoms with Gasteiger partial charge in [0, 0.05) is 56.8 Å². The van der Waals surface area contributed by atoms with E-state index in [0.717, 1.165) is 79.9 Å². The molecular formula is C34H36N6OS. The highest BCUT2D eigenvalue weighted by atomic mass is 32.2. The van der Waals surface area contributed by atoms with E-state index in [-0.39, 0.29) is 5.91 Å². The van der Waals surface area contributed by atoms with Gasteiger partial charge >= 0.3 is 0 Å². The second kappa shape index (κ2) is 13.8. The lowest BCUT2D eigenvalue weighted by Crippen LogP contribution is -2.48. The van der Waals surface area contributed by atoms with Gasteiger partial charge in [-0.1, -0.05) is 103 Å². The van der Waals surface area contributed by atoms with Gasteiger partial charge in [0.2, 0.25) is 11.1 Å². The molecule has 42 heavy (non-hydrogen) atoms. The van der Waals surface area contributed by atoms with Crippen LogP contribution in [0.1, 0.15) is 30.4 Å². The second-order valence-electron chi connectivity index (χ2n) is 10.7. The Morgan fingerprint density at radius 2 is 1.57 bits per heavy atom. The van der Waals surface area contributed by atoms with E-state index in [1.807, 2.05) is 23.1 Å². The minimum Gasteiger partial charge on any atom is -0.340 e. The van der Waals surface area contributed by atoms with E-state index in [9.17, 15) is 4.79 Å². The first-order chi connectivity index (χ1) is 20.7. The number of nitrogens with zero attached hydrogens (tertiary/aromatic N) is 6. The summed E-state index contributed by atoms with van der Waals surface area (Å²) in [4.78, 5) is 22.2. The molecule has 0 unspecified atom stereocenters. The number of benzene rings is 3. The predicted molar refractivity (Wildman–Crippen MR) is 171 cm³/mol. The summed E-state index contributed by atoms with van der Waals surface area (Å²) in [6, 6.07) is 29.1. The average molecular weight is 577 g/mol. The molecular weight excluding hydrogens is 540 g/mol. The lowest BCUT2D eigenvalue weighted by Gasteiger charge is -2.34. The zero-order valence-electron chi connectivity index (χ0n) is 23.8. The second-order valence-corrected chi connectivity index (χ2v) is 11.7. The fourth-order valence-electron chi connectivity index (χ4n) is 5.46. The molecule has 5 aromatic rings. The van der Waals surface area contributed by atoms with Gasteiger partial charge in [-0.25, -0.2) is 4.98 Å². The zero-order valence-corrected chi connectivity index (χ0v) is 24.6. The van der Waals surface area contributed by atoms with Gasteiger partial charge in [0.15, 0.2) is 5.65 Å². The van der Waals surface area contributed by atoms with Crippen LogP contribution in [0.3, 0.4) is 0 Å². The molecule has 2 aromatic heterocycles. The number of para-hydroxylation sites is 1. The third-order valence-electron chi connectivity index (χ3n) is 7.75. The topological polar surface area (TPSA) is 67.2 Å². The molecule has 1 fully saturated rings. The molecule has 1 aliphatic heterocycles. The SMILES string of the molecule is O=C(CCCCSc1nnc2c3ccccc3n(Cc3ccccc3)c2n1)N1CCN(C/C=C/c2ccccc2)CC1. The highest BCUT2D eigenvalue weighted by molar-refractivity contribution is 7.99. The van der Waals surface area contributed by atoms with Crippen molar-refractivity contribution in [2.24, 2.45) is 0 Å². The summed E-state index contributed by atoms with van der Waals surface area (Å²) in [6.45, 7) is 5.12. The number of unbranched alkanes of at least 4 members (excludes halogenated alkanes) is 1. The molecule has 1 aliphatic rings. The maximum atomic E-state index is 12.8. The number of piperazine rings is 1. The van der Waals surface area contributed by atoms with Gasteiger partial charge in [0.1, 0.15) is 5.52 Å². The van der Waals surface area contributed by atoms with Crippen molar-refractivity contribution >= 4 is 45.8 Å². The van der Waals surface area contributed by atoms with E-state index in [1.165, 1.54) is 11.1 Å². The standard InChI is InChI=1S/C34H36N6OS/c41-31(39-23-21-38(22-24-39)20-11-16-27-12-3-1-4-13-27)19-9-10-25-42-34-35-33-32(36-37-34)29-17-7-8-18-30(29)40(33)26-28-14-5-2-6-15-28/h1-8,11-18H,9-10,19-26H2/b16-11+. The van der Waals surface area contributed by atoms with Crippen molar-refractivity contribution in [3.05, 3.63) is 102 Å². The number of fused-ring (bicyclic) bond motifs is 3. The smallest absolute Gasteiger partial charge is 0.222 e. The van der Waals surface area contributed by atoms with Gasteiger partial charge in [-0.2, -0.15) is 0 Å². The monoisotopic (exact) mass is 576 g/mol. The van der Waals surface area contributed by atoms with Crippen LogP contribution in [0, 0.1) is 0 Å². The van der Waals surface area contributed by atoms with Crippen molar-refractivity contribution in [3.8, 4) is 0 Å². The van der Waals surface area contributed by atoms with E-state index in [0.29, 0.717) is 11.6 Å². The van der Waals surface area contributed by atoms with Crippen molar-refractivity contribution < 1.29 is 4.79 Å². The van der Waals surface area contributed by atoms with E-state index in [1.54, 1.807) is 11.8 Å². The fourth-order valence-corrected chi connectivity index (χ4v) is 6.24. The molecule has 0 bridgehead atoms. The largest absolute Gasteiger partial charge is 0.340 e. The van der Waals surface area contributed by atoms with Crippen LogP contribution in [-0.2, 0) is 11.3 Å². The fraction of sp³-hybridized carbons (Fsp3) is 0.294. The van der Waals surface area contributed by atoms with Crippen LogP contribution in [0.4, 0.5) is 0 Å². The lowest BCUT2D eigenvalue weighted by molar-refractivity contribution is -0.132. The summed E-state index contributed by atoms with van der Waals surface area (Å²) in [5.41, 5.74) is 5.26. The van der Waals surface area contributed by atoms with Gasteiger partial charge in [0.05, 0.1) is 5.52 Å². The van der Waals surface area contributed by atoms with Gasteiger partial charge in [-0.3, -0.25) is 9.69 Å². The Morgan fingerprint density at radius 3 is 2.38 bits per heavy atom. The minimum absolute atomic E-state index is 0.268. The van der Waals surface area contributed by atoms with Crippen LogP contribution in [0.25, 0.3) is 28.1 Å². The molecule has 0 saturated carbocycles. The first kappa shape index (κ1) is 28.1. The summed E-state index contributed by atoms with van der Waals surface area (Å²) in [6.07, 6.45) is 6.78.